The fourth-order valence-electron chi connectivity index (χ4n) is 5.22. The Morgan fingerprint density at radius 3 is 2.41 bits per heavy atom. The van der Waals surface area contributed by atoms with Gasteiger partial charge in [-0.05, 0) is 75.4 Å². The number of hydrogen-bond donors (Lipinski definition) is 2. The van der Waals surface area contributed by atoms with Gasteiger partial charge in [-0.3, -0.25) is 9.59 Å². The summed E-state index contributed by atoms with van der Waals surface area (Å²) in [4.78, 5) is 28.7. The molecule has 2 aromatic carbocycles. The van der Waals surface area contributed by atoms with Crippen molar-refractivity contribution in [2.75, 3.05) is 13.6 Å². The fraction of sp³-hybridized carbons (Fsp3) is 0.500. The third kappa shape index (κ3) is 5.79. The number of rotatable bonds is 8. The fourth-order valence-corrected chi connectivity index (χ4v) is 5.22. The van der Waals surface area contributed by atoms with E-state index >= 15 is 0 Å². The highest BCUT2D eigenvalue weighted by Gasteiger charge is 2.39. The van der Waals surface area contributed by atoms with Crippen molar-refractivity contribution in [1.29, 1.82) is 0 Å². The maximum atomic E-state index is 13.9. The number of nitrogens with one attached hydrogen (secondary N) is 2. The molecule has 34 heavy (non-hydrogen) atoms. The summed E-state index contributed by atoms with van der Waals surface area (Å²) in [6, 6.07) is 17.0. The zero-order valence-electron chi connectivity index (χ0n) is 20.3. The molecular weight excluding hydrogens is 426 g/mol. The molecule has 1 aliphatic carbocycles. The number of hydrogen-bond acceptors (Lipinski definition) is 4. The molecule has 0 spiro atoms. The van der Waals surface area contributed by atoms with Gasteiger partial charge in [-0.15, -0.1) is 0 Å². The van der Waals surface area contributed by atoms with Crippen molar-refractivity contribution in [1.82, 2.24) is 15.5 Å². The van der Waals surface area contributed by atoms with Gasteiger partial charge in [0.15, 0.2) is 0 Å². The first kappa shape index (κ1) is 24.3. The van der Waals surface area contributed by atoms with Crippen molar-refractivity contribution in [3.63, 3.8) is 0 Å². The molecule has 182 valence electrons. The van der Waals surface area contributed by atoms with Gasteiger partial charge in [-0.2, -0.15) is 0 Å². The Hall–Kier alpha value is -2.86. The number of carbonyl (C=O) groups is 2. The minimum Gasteiger partial charge on any atom is -0.457 e. The molecule has 2 fully saturated rings. The van der Waals surface area contributed by atoms with Crippen molar-refractivity contribution in [2.45, 2.75) is 70.0 Å². The minimum atomic E-state index is -0.465. The van der Waals surface area contributed by atoms with Crippen LogP contribution in [0.15, 0.2) is 54.6 Å². The lowest BCUT2D eigenvalue weighted by atomic mass is 9.83. The molecule has 0 bridgehead atoms. The van der Waals surface area contributed by atoms with Gasteiger partial charge in [-0.25, -0.2) is 0 Å². The number of likely N-dealkylation sites (tertiary alicyclic amines) is 1. The largest absolute Gasteiger partial charge is 0.457 e. The average molecular weight is 464 g/mol. The third-order valence-corrected chi connectivity index (χ3v) is 7.27. The van der Waals surface area contributed by atoms with Crippen LogP contribution in [-0.2, 0) is 9.59 Å². The van der Waals surface area contributed by atoms with Crippen LogP contribution in [0, 0.1) is 5.92 Å². The molecule has 1 heterocycles. The number of benzene rings is 2. The summed E-state index contributed by atoms with van der Waals surface area (Å²) >= 11 is 0. The van der Waals surface area contributed by atoms with Crippen molar-refractivity contribution in [3.8, 4) is 11.5 Å². The maximum Gasteiger partial charge on any atom is 0.245 e. The highest BCUT2D eigenvalue weighted by atomic mass is 16.5. The number of nitrogens with zero attached hydrogens (tertiary/aromatic N) is 1. The van der Waals surface area contributed by atoms with E-state index in [4.69, 9.17) is 4.74 Å². The smallest absolute Gasteiger partial charge is 0.245 e. The summed E-state index contributed by atoms with van der Waals surface area (Å²) in [6.45, 7) is 2.54. The van der Waals surface area contributed by atoms with Gasteiger partial charge in [0.05, 0.1) is 12.1 Å². The van der Waals surface area contributed by atoms with E-state index in [2.05, 4.69) is 16.7 Å². The summed E-state index contributed by atoms with van der Waals surface area (Å²) < 4.78 is 6.04. The number of carbonyl (C=O) groups excluding carboxylic acids is 2. The quantitative estimate of drug-likeness (QED) is 0.589. The van der Waals surface area contributed by atoms with E-state index in [9.17, 15) is 9.59 Å². The summed E-state index contributed by atoms with van der Waals surface area (Å²) in [5.41, 5.74) is 1.08. The van der Waals surface area contributed by atoms with E-state index < -0.39 is 6.04 Å². The summed E-state index contributed by atoms with van der Waals surface area (Å²) in [5.74, 6) is 1.70. The standard InChI is InChI=1S/C28H37N3O3/c1-20(29-2)27(32)30-26(21-11-5-3-6-12-21)28(33)31-18-10-17-25(31)22-13-9-16-24(19-22)34-23-14-7-4-8-15-23/h4,7-9,13-16,19-21,25-26,29H,3,5-6,10-12,17-18H2,1-2H3,(H,30,32)/t20-,25+,26-/m0/s1. The second-order valence-electron chi connectivity index (χ2n) is 9.57. The highest BCUT2D eigenvalue weighted by molar-refractivity contribution is 5.90. The molecule has 2 aliphatic rings. The van der Waals surface area contributed by atoms with Gasteiger partial charge in [0.2, 0.25) is 11.8 Å². The molecule has 1 saturated carbocycles. The Labute approximate surface area is 203 Å². The van der Waals surface area contributed by atoms with E-state index in [0.29, 0.717) is 6.54 Å². The molecule has 4 rings (SSSR count). The lowest BCUT2D eigenvalue weighted by Gasteiger charge is -2.35. The SMILES string of the molecule is CN[C@@H](C)C(=O)N[C@H](C(=O)N1CCC[C@@H]1c1cccc(Oc2ccccc2)c1)C1CCCCC1. The topological polar surface area (TPSA) is 70.7 Å². The van der Waals surface area contributed by atoms with Crippen LogP contribution in [0.1, 0.15) is 63.5 Å². The first-order valence-electron chi connectivity index (χ1n) is 12.7. The van der Waals surface area contributed by atoms with Gasteiger partial charge in [0.1, 0.15) is 17.5 Å². The van der Waals surface area contributed by atoms with Gasteiger partial charge in [-0.1, -0.05) is 49.6 Å². The van der Waals surface area contributed by atoms with Crippen molar-refractivity contribution < 1.29 is 14.3 Å². The molecule has 0 radical (unpaired) electrons. The molecule has 6 nitrogen and oxygen atoms in total. The Balaban J connectivity index is 1.53. The van der Waals surface area contributed by atoms with E-state index in [1.807, 2.05) is 60.4 Å². The number of likely N-dealkylation sites (N-methyl/N-ethyl adjacent to an activating group) is 1. The van der Waals surface area contributed by atoms with Crippen molar-refractivity contribution >= 4 is 11.8 Å². The van der Waals surface area contributed by atoms with Crippen LogP contribution in [0.4, 0.5) is 0 Å². The van der Waals surface area contributed by atoms with Gasteiger partial charge >= 0.3 is 0 Å². The lowest BCUT2D eigenvalue weighted by molar-refractivity contribution is -0.139. The van der Waals surface area contributed by atoms with Crippen LogP contribution in [-0.4, -0.2) is 42.4 Å². The molecule has 2 aromatic rings. The van der Waals surface area contributed by atoms with Crippen LogP contribution < -0.4 is 15.4 Å². The molecule has 0 aromatic heterocycles. The van der Waals surface area contributed by atoms with Gasteiger partial charge < -0.3 is 20.3 Å². The Bertz CT molecular complexity index is 958. The monoisotopic (exact) mass is 463 g/mol. The Morgan fingerprint density at radius 2 is 1.68 bits per heavy atom. The molecule has 3 atom stereocenters. The zero-order valence-corrected chi connectivity index (χ0v) is 20.3. The first-order valence-corrected chi connectivity index (χ1v) is 12.7. The molecule has 6 heteroatoms. The van der Waals surface area contributed by atoms with Crippen LogP contribution in [0.5, 0.6) is 11.5 Å². The minimum absolute atomic E-state index is 0.00320. The van der Waals surface area contributed by atoms with E-state index in [0.717, 1.165) is 55.6 Å². The molecule has 2 amide bonds. The predicted molar refractivity (Wildman–Crippen MR) is 134 cm³/mol. The second kappa shape index (κ2) is 11.5. The van der Waals surface area contributed by atoms with E-state index in [1.54, 1.807) is 7.05 Å². The van der Waals surface area contributed by atoms with Crippen LogP contribution in [0.2, 0.25) is 0 Å². The Kier molecular flexibility index (Phi) is 8.22. The van der Waals surface area contributed by atoms with E-state index in [1.165, 1.54) is 6.42 Å². The molecule has 2 N–H and O–H groups in total. The van der Waals surface area contributed by atoms with Gasteiger partial charge in [0.25, 0.3) is 0 Å². The van der Waals surface area contributed by atoms with Crippen LogP contribution in [0.3, 0.4) is 0 Å². The molecule has 0 unspecified atom stereocenters. The van der Waals surface area contributed by atoms with Crippen molar-refractivity contribution in [3.05, 3.63) is 60.2 Å². The lowest BCUT2D eigenvalue weighted by Crippen LogP contribution is -2.55. The normalized spacial score (nSPS) is 20.5. The predicted octanol–water partition coefficient (Wildman–Crippen LogP) is 4.82. The summed E-state index contributed by atoms with van der Waals surface area (Å²) in [7, 11) is 1.77. The number of amides is 2. The molecule has 1 aliphatic heterocycles. The highest BCUT2D eigenvalue weighted by Crippen LogP contribution is 2.36. The van der Waals surface area contributed by atoms with Gasteiger partial charge in [0, 0.05) is 6.54 Å². The summed E-state index contributed by atoms with van der Waals surface area (Å²) in [5, 5.41) is 6.10. The number of para-hydroxylation sites is 1. The third-order valence-electron chi connectivity index (χ3n) is 7.27. The second-order valence-corrected chi connectivity index (χ2v) is 9.57. The zero-order chi connectivity index (χ0) is 23.9. The maximum absolute atomic E-state index is 13.9. The average Bonchev–Trinajstić information content (AvgIpc) is 3.38. The molecular formula is C28H37N3O3. The van der Waals surface area contributed by atoms with Crippen LogP contribution >= 0.6 is 0 Å². The van der Waals surface area contributed by atoms with Crippen LogP contribution in [0.25, 0.3) is 0 Å². The first-order chi connectivity index (χ1) is 16.6. The van der Waals surface area contributed by atoms with E-state index in [-0.39, 0.29) is 29.8 Å². The number of ether oxygens (including phenoxy) is 1. The Morgan fingerprint density at radius 1 is 0.941 bits per heavy atom. The molecule has 1 saturated heterocycles. The van der Waals surface area contributed by atoms with Crippen molar-refractivity contribution in [2.24, 2.45) is 5.92 Å². The summed E-state index contributed by atoms with van der Waals surface area (Å²) in [6.07, 6.45) is 7.30.